The van der Waals surface area contributed by atoms with Crippen LogP contribution in [0.3, 0.4) is 0 Å². The first-order valence-corrected chi connectivity index (χ1v) is 21.8. The Hall–Kier alpha value is -5.36. The number of fused-ring (bicyclic) bond motifs is 3. The second-order valence-corrected chi connectivity index (χ2v) is 15.7. The number of aryl methyl sites for hydroxylation is 1. The highest BCUT2D eigenvalue weighted by Crippen LogP contribution is 2.54. The monoisotopic (exact) mass is 768 g/mol. The van der Waals surface area contributed by atoms with Crippen LogP contribution in [0.2, 0.25) is 0 Å². The van der Waals surface area contributed by atoms with E-state index in [9.17, 15) is 4.79 Å². The van der Waals surface area contributed by atoms with Crippen LogP contribution >= 0.6 is 23.5 Å². The van der Waals surface area contributed by atoms with Gasteiger partial charge in [0.1, 0.15) is 0 Å². The maximum absolute atomic E-state index is 13.1. The SMILES string of the molecule is CC.CSc1cc2c(=O)n(-c3ccccc3)c3ccccc3c2cn1.CSc1ccc(-c2ccccc2C)c(C2(Cc3cccc(-c4ccccc4)c3)CC2)c1. The van der Waals surface area contributed by atoms with Crippen molar-refractivity contribution >= 4 is 45.2 Å². The normalized spacial score (nSPS) is 12.7. The maximum Gasteiger partial charge on any atom is 0.263 e. The molecule has 3 nitrogen and oxygen atoms in total. The number of para-hydroxylation sites is 2. The third-order valence-electron chi connectivity index (χ3n) is 10.6. The standard InChI is InChI=1S/C30H28S.C19H14N2OS.C2H6/c1-22-9-6-7-14-27(22)28-16-15-26(31-2)20-29(28)30(17-18-30)21-23-10-8-13-25(19-23)24-11-4-3-5-12-24;1-23-18-11-15-16(12-20-18)14-9-5-6-10-17(14)21(19(15)22)13-7-3-2-4-8-13;1-2/h3-16,19-20H,17-18,21H2,1-2H3;2-12H,1H3;1-2H3. The van der Waals surface area contributed by atoms with Crippen molar-refractivity contribution in [3.8, 4) is 27.9 Å². The summed E-state index contributed by atoms with van der Waals surface area (Å²) in [5, 5.41) is 3.48. The summed E-state index contributed by atoms with van der Waals surface area (Å²) in [6, 6.07) is 55.3. The van der Waals surface area contributed by atoms with Gasteiger partial charge in [0, 0.05) is 33.0 Å². The number of aromatic nitrogens is 2. The van der Waals surface area contributed by atoms with Crippen LogP contribution in [0.5, 0.6) is 0 Å². The summed E-state index contributed by atoms with van der Waals surface area (Å²) in [5.74, 6) is 0. The quantitative estimate of drug-likeness (QED) is 0.114. The van der Waals surface area contributed by atoms with Crippen LogP contribution in [0, 0.1) is 6.92 Å². The first-order valence-electron chi connectivity index (χ1n) is 19.4. The molecule has 5 heteroatoms. The molecule has 0 N–H and O–H groups in total. The Balaban J connectivity index is 0.000000171. The summed E-state index contributed by atoms with van der Waals surface area (Å²) < 4.78 is 1.78. The van der Waals surface area contributed by atoms with E-state index in [2.05, 4.69) is 115 Å². The second kappa shape index (κ2) is 17.6. The Morgan fingerprint density at radius 3 is 2.02 bits per heavy atom. The van der Waals surface area contributed by atoms with Crippen molar-refractivity contribution < 1.29 is 0 Å². The van der Waals surface area contributed by atoms with Crippen molar-refractivity contribution in [3.05, 3.63) is 191 Å². The summed E-state index contributed by atoms with van der Waals surface area (Å²) in [6.07, 6.45) is 9.57. The fourth-order valence-corrected chi connectivity index (χ4v) is 8.51. The lowest BCUT2D eigenvalue weighted by Gasteiger charge is -2.22. The largest absolute Gasteiger partial charge is 0.276 e. The predicted octanol–water partition coefficient (Wildman–Crippen LogP) is 13.6. The van der Waals surface area contributed by atoms with Crippen LogP contribution in [-0.2, 0) is 11.8 Å². The molecule has 1 aliphatic rings. The van der Waals surface area contributed by atoms with Crippen molar-refractivity contribution in [3.63, 3.8) is 0 Å². The molecule has 1 fully saturated rings. The molecule has 2 heterocycles. The molecular formula is C51H48N2OS2. The fraction of sp³-hybridized carbons (Fsp3) is 0.176. The molecule has 1 saturated carbocycles. The van der Waals surface area contributed by atoms with E-state index >= 15 is 0 Å². The number of benzene rings is 6. The highest BCUT2D eigenvalue weighted by molar-refractivity contribution is 7.98. The Labute approximate surface area is 339 Å². The average Bonchev–Trinajstić information content (AvgIpc) is 4.05. The van der Waals surface area contributed by atoms with Gasteiger partial charge >= 0.3 is 0 Å². The van der Waals surface area contributed by atoms with Gasteiger partial charge in [-0.25, -0.2) is 4.98 Å². The van der Waals surface area contributed by atoms with Crippen molar-refractivity contribution in [2.75, 3.05) is 12.5 Å². The molecule has 0 saturated heterocycles. The van der Waals surface area contributed by atoms with E-state index in [0.29, 0.717) is 5.39 Å². The van der Waals surface area contributed by atoms with Crippen molar-refractivity contribution in [1.82, 2.24) is 9.55 Å². The van der Waals surface area contributed by atoms with Crippen LogP contribution < -0.4 is 5.56 Å². The summed E-state index contributed by atoms with van der Waals surface area (Å²) in [6.45, 7) is 6.23. The zero-order chi connectivity index (χ0) is 39.1. The van der Waals surface area contributed by atoms with Gasteiger partial charge in [-0.2, -0.15) is 0 Å². The lowest BCUT2D eigenvalue weighted by molar-refractivity contribution is 0.687. The molecule has 8 aromatic rings. The number of nitrogens with zero attached hydrogens (tertiary/aromatic N) is 2. The summed E-state index contributed by atoms with van der Waals surface area (Å²) >= 11 is 3.38. The number of pyridine rings is 2. The summed E-state index contributed by atoms with van der Waals surface area (Å²) in [7, 11) is 0. The van der Waals surface area contributed by atoms with Gasteiger partial charge in [0.2, 0.25) is 0 Å². The van der Waals surface area contributed by atoms with E-state index in [1.807, 2.05) is 92.5 Å². The molecule has 0 radical (unpaired) electrons. The summed E-state index contributed by atoms with van der Waals surface area (Å²) in [4.78, 5) is 18.9. The minimum absolute atomic E-state index is 0.0115. The van der Waals surface area contributed by atoms with Gasteiger partial charge in [0.15, 0.2) is 0 Å². The molecule has 280 valence electrons. The van der Waals surface area contributed by atoms with Gasteiger partial charge in [0.05, 0.1) is 15.9 Å². The molecular weight excluding hydrogens is 721 g/mol. The van der Waals surface area contributed by atoms with Gasteiger partial charge in [-0.15, -0.1) is 23.5 Å². The first-order chi connectivity index (χ1) is 27.5. The first kappa shape index (κ1) is 38.9. The fourth-order valence-electron chi connectivity index (χ4n) is 7.67. The van der Waals surface area contributed by atoms with Crippen LogP contribution in [0.25, 0.3) is 49.6 Å². The van der Waals surface area contributed by atoms with E-state index in [4.69, 9.17) is 0 Å². The van der Waals surface area contributed by atoms with Crippen molar-refractivity contribution in [2.45, 2.75) is 55.4 Å². The van der Waals surface area contributed by atoms with Crippen LogP contribution in [0.1, 0.15) is 43.4 Å². The molecule has 9 rings (SSSR count). The molecule has 0 amide bonds. The van der Waals surface area contributed by atoms with Gasteiger partial charge in [-0.05, 0) is 114 Å². The van der Waals surface area contributed by atoms with Crippen molar-refractivity contribution in [2.24, 2.45) is 0 Å². The smallest absolute Gasteiger partial charge is 0.263 e. The zero-order valence-corrected chi connectivity index (χ0v) is 34.5. The Kier molecular flexibility index (Phi) is 12.2. The van der Waals surface area contributed by atoms with Crippen molar-refractivity contribution in [1.29, 1.82) is 0 Å². The molecule has 0 aliphatic heterocycles. The molecule has 6 aromatic carbocycles. The molecule has 0 unspecified atom stereocenters. The van der Waals surface area contributed by atoms with Gasteiger partial charge < -0.3 is 0 Å². The molecule has 0 atom stereocenters. The lowest BCUT2D eigenvalue weighted by atomic mass is 9.82. The Bertz CT molecular complexity index is 2650. The molecule has 56 heavy (non-hydrogen) atoms. The van der Waals surface area contributed by atoms with E-state index in [1.165, 1.54) is 56.7 Å². The highest BCUT2D eigenvalue weighted by atomic mass is 32.2. The maximum atomic E-state index is 13.1. The van der Waals surface area contributed by atoms with Gasteiger partial charge in [0.25, 0.3) is 5.56 Å². The number of hydrogen-bond donors (Lipinski definition) is 0. The number of thioether (sulfide) groups is 2. The predicted molar refractivity (Wildman–Crippen MR) is 243 cm³/mol. The van der Waals surface area contributed by atoms with E-state index in [0.717, 1.165) is 33.4 Å². The highest BCUT2D eigenvalue weighted by Gasteiger charge is 2.45. The average molecular weight is 769 g/mol. The second-order valence-electron chi connectivity index (χ2n) is 14.0. The number of hydrogen-bond acceptors (Lipinski definition) is 4. The molecule has 2 aromatic heterocycles. The Morgan fingerprint density at radius 2 is 1.30 bits per heavy atom. The van der Waals surface area contributed by atoms with Crippen LogP contribution in [0.4, 0.5) is 0 Å². The third-order valence-corrected chi connectivity index (χ3v) is 12.0. The molecule has 0 spiro atoms. The van der Waals surface area contributed by atoms with Crippen LogP contribution in [-0.4, -0.2) is 22.1 Å². The van der Waals surface area contributed by atoms with E-state index in [1.54, 1.807) is 22.5 Å². The number of rotatable bonds is 8. The van der Waals surface area contributed by atoms with E-state index < -0.39 is 0 Å². The van der Waals surface area contributed by atoms with E-state index in [-0.39, 0.29) is 11.0 Å². The Morgan fingerprint density at radius 1 is 0.625 bits per heavy atom. The minimum atomic E-state index is -0.0115. The molecule has 1 aliphatic carbocycles. The van der Waals surface area contributed by atoms with Crippen LogP contribution in [0.15, 0.2) is 179 Å². The molecule has 0 bridgehead atoms. The van der Waals surface area contributed by atoms with Gasteiger partial charge in [-0.1, -0.05) is 135 Å². The lowest BCUT2D eigenvalue weighted by Crippen LogP contribution is -2.19. The topological polar surface area (TPSA) is 34.9 Å². The third kappa shape index (κ3) is 8.11. The summed E-state index contributed by atoms with van der Waals surface area (Å²) in [5.41, 5.74) is 11.7. The minimum Gasteiger partial charge on any atom is -0.276 e. The van der Waals surface area contributed by atoms with Gasteiger partial charge in [-0.3, -0.25) is 9.36 Å². The zero-order valence-electron chi connectivity index (χ0n) is 32.8.